The van der Waals surface area contributed by atoms with Crippen molar-refractivity contribution in [3.63, 3.8) is 0 Å². The largest absolute Gasteiger partial charge is 0.461 e. The molecule has 2 amide bonds. The Morgan fingerprint density at radius 2 is 0.975 bits per heavy atom. The van der Waals surface area contributed by atoms with Crippen LogP contribution >= 0.6 is 0 Å². The summed E-state index contributed by atoms with van der Waals surface area (Å²) < 4.78 is 75.7. The Balaban J connectivity index is 0.000000195. The van der Waals surface area contributed by atoms with Crippen LogP contribution in [0.25, 0.3) is 55.7 Å². The number of rotatable bonds is 13. The molecule has 2 fully saturated rings. The number of fused-ring (bicyclic) bond motifs is 2. The molecule has 4 aromatic carbocycles. The van der Waals surface area contributed by atoms with Gasteiger partial charge in [0.15, 0.2) is 22.7 Å². The molecule has 0 aliphatic heterocycles. The topological polar surface area (TPSA) is 199 Å². The lowest BCUT2D eigenvalue weighted by molar-refractivity contribution is -0.163. The van der Waals surface area contributed by atoms with Crippen molar-refractivity contribution in [3.8, 4) is 33.6 Å². The molecule has 8 aromatic rings. The number of esters is 3. The van der Waals surface area contributed by atoms with Crippen molar-refractivity contribution in [1.82, 2.24) is 29.5 Å². The Bertz CT molecular complexity index is 3640. The Hall–Kier alpha value is -8.81. The van der Waals surface area contributed by atoms with Crippen LogP contribution in [0.1, 0.15) is 125 Å². The molecule has 4 aromatic heterocycles. The third kappa shape index (κ3) is 12.2. The maximum Gasteiger partial charge on any atom is 0.357 e. The Morgan fingerprint density at radius 1 is 0.582 bits per heavy atom. The summed E-state index contributed by atoms with van der Waals surface area (Å²) in [4.78, 5) is 70.5. The molecular formula is C59H56F4N8O8. The minimum atomic E-state index is -0.802. The van der Waals surface area contributed by atoms with E-state index in [1.54, 1.807) is 62.4 Å². The Morgan fingerprint density at radius 3 is 1.32 bits per heavy atom. The van der Waals surface area contributed by atoms with E-state index in [1.165, 1.54) is 35.3 Å². The maximum absolute atomic E-state index is 14.4. The highest BCUT2D eigenvalue weighted by atomic mass is 19.1. The van der Waals surface area contributed by atoms with Crippen molar-refractivity contribution in [2.75, 3.05) is 23.8 Å². The first-order valence-corrected chi connectivity index (χ1v) is 25.8. The van der Waals surface area contributed by atoms with Gasteiger partial charge in [0, 0.05) is 49.2 Å². The predicted octanol–water partition coefficient (Wildman–Crippen LogP) is 12.1. The summed E-state index contributed by atoms with van der Waals surface area (Å²) in [5, 5.41) is 16.3. The molecule has 0 unspecified atom stereocenters. The fourth-order valence-corrected chi connectivity index (χ4v) is 9.59. The summed E-state index contributed by atoms with van der Waals surface area (Å²) in [5.41, 5.74) is 5.47. The number of nitrogens with one attached hydrogen (secondary N) is 2. The molecule has 2 aliphatic rings. The van der Waals surface area contributed by atoms with E-state index in [-0.39, 0.29) is 77.2 Å². The molecule has 0 saturated heterocycles. The first kappa shape index (κ1) is 55.0. The number of carbonyl (C=O) groups is 5. The van der Waals surface area contributed by atoms with Crippen LogP contribution < -0.4 is 10.6 Å². The number of benzene rings is 4. The summed E-state index contributed by atoms with van der Waals surface area (Å²) in [6, 6.07) is 23.6. The van der Waals surface area contributed by atoms with Crippen LogP contribution in [0.3, 0.4) is 0 Å². The lowest BCUT2D eigenvalue weighted by atomic mass is 9.72. The highest BCUT2D eigenvalue weighted by Gasteiger charge is 2.41. The van der Waals surface area contributed by atoms with E-state index in [2.05, 4.69) is 20.6 Å². The molecule has 79 heavy (non-hydrogen) atoms. The lowest BCUT2D eigenvalue weighted by Crippen LogP contribution is -2.35. The number of halogens is 4. The summed E-state index contributed by atoms with van der Waals surface area (Å²) in [7, 11) is 0. The first-order valence-electron chi connectivity index (χ1n) is 25.8. The third-order valence-electron chi connectivity index (χ3n) is 13.3. The molecule has 10 rings (SSSR count). The average molecular weight is 1080 g/mol. The smallest absolute Gasteiger partial charge is 0.357 e. The minimum Gasteiger partial charge on any atom is -0.461 e. The highest BCUT2D eigenvalue weighted by molar-refractivity contribution is 6.03. The highest BCUT2D eigenvalue weighted by Crippen LogP contribution is 2.47. The molecule has 0 spiro atoms. The van der Waals surface area contributed by atoms with E-state index >= 15 is 0 Å². The molecule has 408 valence electrons. The van der Waals surface area contributed by atoms with Gasteiger partial charge >= 0.3 is 17.9 Å². The number of hydrogen-bond acceptors (Lipinski definition) is 12. The van der Waals surface area contributed by atoms with Gasteiger partial charge in [-0.1, -0.05) is 30.7 Å². The molecule has 0 atom stereocenters. The summed E-state index contributed by atoms with van der Waals surface area (Å²) in [5.74, 6) is -5.43. The molecule has 16 nitrogen and oxygen atoms in total. The van der Waals surface area contributed by atoms with Crippen molar-refractivity contribution < 1.29 is 55.7 Å². The van der Waals surface area contributed by atoms with E-state index in [1.807, 2.05) is 32.9 Å². The van der Waals surface area contributed by atoms with Crippen molar-refractivity contribution in [3.05, 3.63) is 143 Å². The van der Waals surface area contributed by atoms with Crippen LogP contribution in [0.5, 0.6) is 0 Å². The van der Waals surface area contributed by atoms with Crippen molar-refractivity contribution in [2.24, 2.45) is 5.92 Å². The van der Waals surface area contributed by atoms with Gasteiger partial charge in [-0.05, 0) is 143 Å². The normalized spacial score (nSPS) is 15.1. The number of ether oxygens (including phenoxy) is 3. The lowest BCUT2D eigenvalue weighted by Gasteiger charge is -2.34. The van der Waals surface area contributed by atoms with Crippen molar-refractivity contribution in [2.45, 2.75) is 98.0 Å². The SMILES string of the molecule is CCOC(=O)c1cc(-c2ccc(NC(C)=O)cc2)c2c(C3CC(C(=O)OC(C)(C)C)C3)nn(-c3cc(F)cc(F)c3)c2n1.CCOC(=O)c1cc(-c2ccc(NC(C)=O)cc2)c2c(C3CCC3)nn(-c3cc(F)cc(F)c3)c2n1. The fraction of sp³-hybridized carbons (Fsp3) is 0.305. The van der Waals surface area contributed by atoms with Crippen molar-refractivity contribution in [1.29, 1.82) is 0 Å². The first-order chi connectivity index (χ1) is 37.7. The number of hydrogen-bond donors (Lipinski definition) is 2. The van der Waals surface area contributed by atoms with Gasteiger partial charge in [0.1, 0.15) is 28.9 Å². The maximum atomic E-state index is 14.4. The second-order valence-corrected chi connectivity index (χ2v) is 20.3. The van der Waals surface area contributed by atoms with E-state index in [0.717, 1.165) is 54.8 Å². The number of nitrogens with zero attached hydrogens (tertiary/aromatic N) is 6. The summed E-state index contributed by atoms with van der Waals surface area (Å²) in [6.45, 7) is 11.9. The Labute approximate surface area is 451 Å². The molecular weight excluding hydrogens is 1020 g/mol. The molecule has 20 heteroatoms. The van der Waals surface area contributed by atoms with Crippen molar-refractivity contribution >= 4 is 63.2 Å². The second-order valence-electron chi connectivity index (χ2n) is 20.3. The number of anilines is 2. The third-order valence-corrected chi connectivity index (χ3v) is 13.3. The number of amides is 2. The van der Waals surface area contributed by atoms with E-state index in [4.69, 9.17) is 24.4 Å². The monoisotopic (exact) mass is 1080 g/mol. The zero-order valence-electron chi connectivity index (χ0n) is 44.4. The quantitative estimate of drug-likeness (QED) is 0.0630. The molecule has 2 aliphatic carbocycles. The van der Waals surface area contributed by atoms with E-state index in [9.17, 15) is 41.5 Å². The number of carbonyl (C=O) groups excluding carboxylic acids is 5. The van der Waals surface area contributed by atoms with Gasteiger partial charge in [0.25, 0.3) is 0 Å². The second kappa shape index (κ2) is 22.6. The zero-order valence-corrected chi connectivity index (χ0v) is 44.4. The molecule has 0 radical (unpaired) electrons. The molecule has 4 heterocycles. The summed E-state index contributed by atoms with van der Waals surface area (Å²) in [6.07, 6.45) is 3.84. The van der Waals surface area contributed by atoms with Crippen LogP contribution in [-0.4, -0.2) is 78.1 Å². The van der Waals surface area contributed by atoms with Gasteiger partial charge in [-0.25, -0.2) is 46.5 Å². The average Bonchev–Trinajstić information content (AvgIpc) is 4.14. The van der Waals surface area contributed by atoms with Gasteiger partial charge in [0.2, 0.25) is 11.8 Å². The molecule has 2 saturated carbocycles. The van der Waals surface area contributed by atoms with Gasteiger partial charge in [-0.3, -0.25) is 14.4 Å². The number of aromatic nitrogens is 6. The van der Waals surface area contributed by atoms with Crippen LogP contribution in [0.2, 0.25) is 0 Å². The fourth-order valence-electron chi connectivity index (χ4n) is 9.59. The van der Waals surface area contributed by atoms with Crippen LogP contribution in [0.15, 0.2) is 97.1 Å². The van der Waals surface area contributed by atoms with E-state index in [0.29, 0.717) is 63.0 Å². The van der Waals surface area contributed by atoms with Crippen LogP contribution in [-0.2, 0) is 28.6 Å². The van der Waals surface area contributed by atoms with Gasteiger partial charge in [-0.2, -0.15) is 10.2 Å². The predicted molar refractivity (Wildman–Crippen MR) is 287 cm³/mol. The molecule has 0 bridgehead atoms. The van der Waals surface area contributed by atoms with E-state index < -0.39 is 40.8 Å². The zero-order chi connectivity index (χ0) is 56.4. The Kier molecular flexibility index (Phi) is 15.8. The van der Waals surface area contributed by atoms with Gasteiger partial charge in [0.05, 0.1) is 52.7 Å². The van der Waals surface area contributed by atoms with Gasteiger partial charge in [-0.15, -0.1) is 0 Å². The minimum absolute atomic E-state index is 0.0138. The summed E-state index contributed by atoms with van der Waals surface area (Å²) >= 11 is 0. The standard InChI is InChI=1S/C32H32F2N4O5.C27H24F2N4O3/c1-6-42-31(41)26-16-25(18-7-9-23(10-8-18)35-17(2)39)27-28(19-11-20(12-19)30(40)43-32(3,4)5)37-38(29(27)36-26)24-14-21(33)13-22(34)15-24;1-3-36-27(35)23-14-22(16-7-9-20(10-8-16)30-15(2)34)24-25(17-5-4-6-17)32-33(26(24)31-23)21-12-18(28)11-19(29)13-21/h7-10,13-16,19-20H,6,11-12H2,1-5H3,(H,35,39);7-14,17H,3-6H2,1-2H3,(H,30,34). The number of pyridine rings is 2. The van der Waals surface area contributed by atoms with Gasteiger partial charge < -0.3 is 24.8 Å². The van der Waals surface area contributed by atoms with Crippen LogP contribution in [0.4, 0.5) is 28.9 Å². The molecule has 2 N–H and O–H groups in total. The van der Waals surface area contributed by atoms with Crippen LogP contribution in [0, 0.1) is 29.2 Å².